The van der Waals surface area contributed by atoms with Crippen molar-refractivity contribution in [2.45, 2.75) is 45.2 Å². The highest BCUT2D eigenvalue weighted by atomic mass is 32.1. The van der Waals surface area contributed by atoms with Crippen molar-refractivity contribution >= 4 is 17.2 Å². The van der Waals surface area contributed by atoms with Crippen molar-refractivity contribution in [3.8, 4) is 0 Å². The molecule has 1 aromatic rings. The van der Waals surface area contributed by atoms with Gasteiger partial charge in [-0.15, -0.1) is 0 Å². The molecule has 0 heterocycles. The summed E-state index contributed by atoms with van der Waals surface area (Å²) in [6, 6.07) is 11.4. The second kappa shape index (κ2) is 7.49. The Hall–Kier alpha value is -0.930. The van der Waals surface area contributed by atoms with Gasteiger partial charge in [0.25, 0.3) is 0 Å². The average molecular weight is 264 g/mol. The summed E-state index contributed by atoms with van der Waals surface area (Å²) in [7, 11) is 2.17. The van der Waals surface area contributed by atoms with Crippen molar-refractivity contribution in [1.82, 2.24) is 4.90 Å². The molecule has 1 rings (SSSR count). The van der Waals surface area contributed by atoms with Crippen molar-refractivity contribution in [2.75, 3.05) is 7.05 Å². The fourth-order valence-electron chi connectivity index (χ4n) is 2.48. The van der Waals surface area contributed by atoms with Crippen LogP contribution in [0.1, 0.15) is 44.7 Å². The van der Waals surface area contributed by atoms with Crippen molar-refractivity contribution in [2.24, 2.45) is 5.73 Å². The molecule has 0 saturated carbocycles. The fraction of sp³-hybridized carbons (Fsp3) is 0.533. The minimum Gasteiger partial charge on any atom is -0.393 e. The Morgan fingerprint density at radius 3 is 2.22 bits per heavy atom. The van der Waals surface area contributed by atoms with E-state index in [1.54, 1.807) is 0 Å². The van der Waals surface area contributed by atoms with E-state index in [1.807, 2.05) is 6.07 Å². The van der Waals surface area contributed by atoms with Crippen LogP contribution in [0.25, 0.3) is 0 Å². The summed E-state index contributed by atoms with van der Waals surface area (Å²) >= 11 is 5.10. The molecule has 0 spiro atoms. The number of rotatable bonds is 7. The molecule has 0 aliphatic carbocycles. The Labute approximate surface area is 116 Å². The first-order valence-electron chi connectivity index (χ1n) is 6.65. The molecule has 0 radical (unpaired) electrons. The van der Waals surface area contributed by atoms with E-state index in [1.165, 1.54) is 5.56 Å². The van der Waals surface area contributed by atoms with E-state index in [-0.39, 0.29) is 6.04 Å². The number of hydrogen-bond donors (Lipinski definition) is 1. The molecule has 18 heavy (non-hydrogen) atoms. The van der Waals surface area contributed by atoms with Crippen LogP contribution in [0.3, 0.4) is 0 Å². The Balaban J connectivity index is 2.94. The van der Waals surface area contributed by atoms with Crippen LogP contribution in [0.15, 0.2) is 30.3 Å². The maximum Gasteiger partial charge on any atom is 0.0746 e. The minimum absolute atomic E-state index is 0.286. The summed E-state index contributed by atoms with van der Waals surface area (Å²) in [6.45, 7) is 4.46. The smallest absolute Gasteiger partial charge is 0.0746 e. The highest BCUT2D eigenvalue weighted by molar-refractivity contribution is 7.80. The van der Waals surface area contributed by atoms with Crippen LogP contribution in [-0.2, 0) is 0 Å². The van der Waals surface area contributed by atoms with Gasteiger partial charge in [0.05, 0.1) is 4.99 Å². The zero-order valence-corrected chi connectivity index (χ0v) is 12.4. The van der Waals surface area contributed by atoms with Crippen molar-refractivity contribution < 1.29 is 0 Å². The monoisotopic (exact) mass is 264 g/mol. The normalized spacial score (nSPS) is 12.9. The SMILES string of the molecule is CCC(CC)N(C)C(CC(N)=S)c1ccccc1. The Morgan fingerprint density at radius 2 is 1.78 bits per heavy atom. The number of nitrogens with zero attached hydrogens (tertiary/aromatic N) is 1. The fourth-order valence-corrected chi connectivity index (χ4v) is 2.64. The second-order valence-corrected chi connectivity index (χ2v) is 5.26. The molecule has 1 aromatic carbocycles. The molecule has 1 unspecified atom stereocenters. The van der Waals surface area contributed by atoms with Crippen molar-refractivity contribution in [3.05, 3.63) is 35.9 Å². The summed E-state index contributed by atoms with van der Waals surface area (Å²) in [5.74, 6) is 0. The van der Waals surface area contributed by atoms with Crippen LogP contribution < -0.4 is 5.73 Å². The maximum atomic E-state index is 5.76. The molecule has 0 aliphatic heterocycles. The molecule has 0 aromatic heterocycles. The van der Waals surface area contributed by atoms with Gasteiger partial charge in [0.1, 0.15) is 0 Å². The van der Waals surface area contributed by atoms with Crippen LogP contribution >= 0.6 is 12.2 Å². The van der Waals surface area contributed by atoms with E-state index in [0.29, 0.717) is 11.0 Å². The van der Waals surface area contributed by atoms with Crippen LogP contribution in [0.4, 0.5) is 0 Å². The molecule has 0 aliphatic rings. The predicted molar refractivity (Wildman–Crippen MR) is 82.7 cm³/mol. The molecule has 1 atom stereocenters. The average Bonchev–Trinajstić information content (AvgIpc) is 2.38. The molecule has 0 fully saturated rings. The standard InChI is InChI=1S/C15H24N2S/c1-4-13(5-2)17(3)14(11-15(16)18)12-9-7-6-8-10-12/h6-10,13-14H,4-5,11H2,1-3H3,(H2,16,18). The quantitative estimate of drug-likeness (QED) is 0.764. The lowest BCUT2D eigenvalue weighted by Crippen LogP contribution is -2.36. The van der Waals surface area contributed by atoms with Gasteiger partial charge in [-0.3, -0.25) is 4.90 Å². The summed E-state index contributed by atoms with van der Waals surface area (Å²) < 4.78 is 0. The highest BCUT2D eigenvalue weighted by Crippen LogP contribution is 2.26. The first-order valence-corrected chi connectivity index (χ1v) is 7.06. The zero-order valence-electron chi connectivity index (χ0n) is 11.6. The molecule has 2 nitrogen and oxygen atoms in total. The van der Waals surface area contributed by atoms with Gasteiger partial charge in [-0.25, -0.2) is 0 Å². The topological polar surface area (TPSA) is 29.3 Å². The van der Waals surface area contributed by atoms with Gasteiger partial charge in [-0.05, 0) is 25.5 Å². The second-order valence-electron chi connectivity index (χ2n) is 4.73. The zero-order chi connectivity index (χ0) is 13.5. The third-order valence-electron chi connectivity index (χ3n) is 3.59. The maximum absolute atomic E-state index is 5.76. The van der Waals surface area contributed by atoms with Gasteiger partial charge >= 0.3 is 0 Å². The summed E-state index contributed by atoms with van der Waals surface area (Å²) in [6.07, 6.45) is 3.04. The van der Waals surface area contributed by atoms with Gasteiger partial charge in [-0.2, -0.15) is 0 Å². The van der Waals surface area contributed by atoms with Gasteiger partial charge in [0.15, 0.2) is 0 Å². The van der Waals surface area contributed by atoms with Crippen molar-refractivity contribution in [1.29, 1.82) is 0 Å². The van der Waals surface area contributed by atoms with Crippen LogP contribution in [0.5, 0.6) is 0 Å². The Kier molecular flexibility index (Phi) is 6.30. The molecular weight excluding hydrogens is 240 g/mol. The summed E-state index contributed by atoms with van der Waals surface area (Å²) in [5, 5.41) is 0. The van der Waals surface area contributed by atoms with Crippen LogP contribution in [0, 0.1) is 0 Å². The van der Waals surface area contributed by atoms with E-state index in [0.717, 1.165) is 19.3 Å². The predicted octanol–water partition coefficient (Wildman–Crippen LogP) is 3.52. The molecule has 100 valence electrons. The van der Waals surface area contributed by atoms with E-state index in [4.69, 9.17) is 18.0 Å². The van der Waals surface area contributed by atoms with E-state index in [9.17, 15) is 0 Å². The van der Waals surface area contributed by atoms with Crippen LogP contribution in [0.2, 0.25) is 0 Å². The molecule has 3 heteroatoms. The largest absolute Gasteiger partial charge is 0.393 e. The summed E-state index contributed by atoms with van der Waals surface area (Å²) in [5.41, 5.74) is 7.05. The lowest BCUT2D eigenvalue weighted by Gasteiger charge is -2.34. The first-order chi connectivity index (χ1) is 8.60. The van der Waals surface area contributed by atoms with E-state index in [2.05, 4.69) is 50.1 Å². The van der Waals surface area contributed by atoms with Gasteiger partial charge in [0.2, 0.25) is 0 Å². The third kappa shape index (κ3) is 4.07. The number of nitrogens with two attached hydrogens (primary N) is 1. The van der Waals surface area contributed by atoms with Crippen molar-refractivity contribution in [3.63, 3.8) is 0 Å². The molecule has 0 saturated heterocycles. The lowest BCUT2D eigenvalue weighted by atomic mass is 9.99. The number of thiocarbonyl (C=S) groups is 1. The minimum atomic E-state index is 0.286. The van der Waals surface area contributed by atoms with E-state index < -0.39 is 0 Å². The summed E-state index contributed by atoms with van der Waals surface area (Å²) in [4.78, 5) is 3.00. The number of hydrogen-bond acceptors (Lipinski definition) is 2. The van der Waals surface area contributed by atoms with Gasteiger partial charge < -0.3 is 5.73 Å². The van der Waals surface area contributed by atoms with Gasteiger partial charge in [0, 0.05) is 18.5 Å². The lowest BCUT2D eigenvalue weighted by molar-refractivity contribution is 0.167. The number of benzene rings is 1. The van der Waals surface area contributed by atoms with Gasteiger partial charge in [-0.1, -0.05) is 56.4 Å². The highest BCUT2D eigenvalue weighted by Gasteiger charge is 2.22. The third-order valence-corrected chi connectivity index (χ3v) is 3.76. The molecular formula is C15H24N2S. The molecule has 2 N–H and O–H groups in total. The molecule has 0 bridgehead atoms. The molecule has 0 amide bonds. The first kappa shape index (κ1) is 15.1. The Morgan fingerprint density at radius 1 is 1.22 bits per heavy atom. The van der Waals surface area contributed by atoms with Crippen LogP contribution in [-0.4, -0.2) is 23.0 Å². The van der Waals surface area contributed by atoms with E-state index >= 15 is 0 Å². The Bertz CT molecular complexity index is 360.